The average molecular weight is 408 g/mol. The lowest BCUT2D eigenvalue weighted by atomic mass is 10.1. The predicted molar refractivity (Wildman–Crippen MR) is 86.2 cm³/mol. The molecule has 1 aliphatic heterocycles. The van der Waals surface area contributed by atoms with Gasteiger partial charge in [0.15, 0.2) is 5.15 Å². The molecule has 0 atom stereocenters. The van der Waals surface area contributed by atoms with E-state index in [4.69, 9.17) is 16.3 Å². The number of aromatic nitrogens is 2. The Labute approximate surface area is 152 Å². The first-order valence-corrected chi connectivity index (χ1v) is 9.26. The fourth-order valence-electron chi connectivity index (χ4n) is 2.40. The Morgan fingerprint density at radius 2 is 2.00 bits per heavy atom. The second kappa shape index (κ2) is 7.01. The van der Waals surface area contributed by atoms with E-state index >= 15 is 0 Å². The van der Waals surface area contributed by atoms with E-state index in [0.29, 0.717) is 6.07 Å². The fourth-order valence-corrected chi connectivity index (χ4v) is 4.18. The second-order valence-electron chi connectivity index (χ2n) is 5.70. The first-order valence-electron chi connectivity index (χ1n) is 7.44. The maximum atomic E-state index is 12.8. The smallest absolute Gasteiger partial charge is 0.416 e. The third-order valence-electron chi connectivity index (χ3n) is 3.77. The van der Waals surface area contributed by atoms with E-state index in [2.05, 4.69) is 9.97 Å². The molecular weight excluding hydrogens is 395 g/mol. The zero-order valence-corrected chi connectivity index (χ0v) is 14.7. The Hall–Kier alpha value is -1.91. The lowest BCUT2D eigenvalue weighted by molar-refractivity contribution is -0.137. The molecule has 2 aromatic rings. The van der Waals surface area contributed by atoms with Crippen LogP contribution in [0, 0.1) is 5.92 Å². The van der Waals surface area contributed by atoms with Crippen LogP contribution in [0.25, 0.3) is 0 Å². The van der Waals surface area contributed by atoms with Gasteiger partial charge in [0.1, 0.15) is 0 Å². The van der Waals surface area contributed by atoms with Gasteiger partial charge in [-0.1, -0.05) is 17.7 Å². The van der Waals surface area contributed by atoms with Gasteiger partial charge in [-0.15, -0.1) is 0 Å². The van der Waals surface area contributed by atoms with Crippen LogP contribution in [0.2, 0.25) is 5.15 Å². The minimum absolute atomic E-state index is 0.101. The summed E-state index contributed by atoms with van der Waals surface area (Å²) in [7, 11) is -3.98. The topological polar surface area (TPSA) is 72.4 Å². The number of halogens is 4. The molecule has 26 heavy (non-hydrogen) atoms. The standard InChI is InChI=1S/C15H13ClF3N3O3S/c16-13-5-20-6-14(21-13)25-9-10-7-22(8-10)26(23,24)12-3-1-2-11(4-12)15(17,18)19/h1-6,10H,7-9H2. The zero-order valence-electron chi connectivity index (χ0n) is 13.1. The number of hydrogen-bond donors (Lipinski definition) is 0. The van der Waals surface area contributed by atoms with Crippen LogP contribution in [0.4, 0.5) is 13.2 Å². The largest absolute Gasteiger partial charge is 0.476 e. The molecule has 3 rings (SSSR count). The highest BCUT2D eigenvalue weighted by molar-refractivity contribution is 7.89. The Balaban J connectivity index is 1.61. The summed E-state index contributed by atoms with van der Waals surface area (Å²) >= 11 is 5.68. The lowest BCUT2D eigenvalue weighted by Gasteiger charge is -2.37. The molecule has 0 unspecified atom stereocenters. The Bertz CT molecular complexity index is 902. The van der Waals surface area contributed by atoms with Crippen LogP contribution in [-0.4, -0.2) is 42.4 Å². The molecule has 140 valence electrons. The Morgan fingerprint density at radius 3 is 2.65 bits per heavy atom. The molecule has 0 spiro atoms. The molecule has 0 amide bonds. The summed E-state index contributed by atoms with van der Waals surface area (Å²) in [5.74, 6) is 0.119. The summed E-state index contributed by atoms with van der Waals surface area (Å²) in [5, 5.41) is 0.171. The fraction of sp³-hybridized carbons (Fsp3) is 0.333. The van der Waals surface area contributed by atoms with E-state index in [0.717, 1.165) is 22.5 Å². The Morgan fingerprint density at radius 1 is 1.27 bits per heavy atom. The van der Waals surface area contributed by atoms with Gasteiger partial charge in [-0.2, -0.15) is 22.5 Å². The van der Waals surface area contributed by atoms with Crippen LogP contribution in [0.3, 0.4) is 0 Å². The summed E-state index contributed by atoms with van der Waals surface area (Å²) in [5.41, 5.74) is -1.00. The molecule has 2 heterocycles. The quantitative estimate of drug-likeness (QED) is 0.762. The molecule has 0 radical (unpaired) electrons. The van der Waals surface area contributed by atoms with Crippen molar-refractivity contribution in [1.29, 1.82) is 0 Å². The maximum Gasteiger partial charge on any atom is 0.416 e. The van der Waals surface area contributed by atoms with Crippen molar-refractivity contribution >= 4 is 21.6 Å². The van der Waals surface area contributed by atoms with Crippen LogP contribution in [0.5, 0.6) is 5.88 Å². The van der Waals surface area contributed by atoms with Crippen molar-refractivity contribution in [2.75, 3.05) is 19.7 Å². The van der Waals surface area contributed by atoms with Crippen LogP contribution in [-0.2, 0) is 16.2 Å². The van der Waals surface area contributed by atoms with Crippen LogP contribution >= 0.6 is 11.6 Å². The number of rotatable bonds is 5. The number of sulfonamides is 1. The second-order valence-corrected chi connectivity index (χ2v) is 8.03. The molecule has 0 bridgehead atoms. The third-order valence-corrected chi connectivity index (χ3v) is 5.78. The SMILES string of the molecule is O=S(=O)(c1cccc(C(F)(F)F)c1)N1CC(COc2cncc(Cl)n2)C1. The van der Waals surface area contributed by atoms with Crippen LogP contribution < -0.4 is 4.74 Å². The van der Waals surface area contributed by atoms with Gasteiger partial charge in [0.25, 0.3) is 0 Å². The summed E-state index contributed by atoms with van der Waals surface area (Å²) in [4.78, 5) is 7.32. The highest BCUT2D eigenvalue weighted by Gasteiger charge is 2.38. The van der Waals surface area contributed by atoms with E-state index in [1.807, 2.05) is 0 Å². The van der Waals surface area contributed by atoms with Gasteiger partial charge < -0.3 is 4.74 Å². The summed E-state index contributed by atoms with van der Waals surface area (Å²) in [6.45, 7) is 0.489. The van der Waals surface area contributed by atoms with Crippen LogP contribution in [0.1, 0.15) is 5.56 Å². The minimum Gasteiger partial charge on any atom is -0.476 e. The van der Waals surface area contributed by atoms with E-state index in [1.165, 1.54) is 12.4 Å². The number of hydrogen-bond acceptors (Lipinski definition) is 5. The summed E-state index contributed by atoms with van der Waals surface area (Å²) in [6.07, 6.45) is -1.88. The number of ether oxygens (including phenoxy) is 1. The number of alkyl halides is 3. The van der Waals surface area contributed by atoms with Crippen molar-refractivity contribution in [1.82, 2.24) is 14.3 Å². The molecule has 6 nitrogen and oxygen atoms in total. The molecule has 1 aromatic carbocycles. The molecular formula is C15H13ClF3N3O3S. The van der Waals surface area contributed by atoms with E-state index in [9.17, 15) is 21.6 Å². The van der Waals surface area contributed by atoms with E-state index in [1.54, 1.807) is 0 Å². The first kappa shape index (κ1) is 18.9. The monoisotopic (exact) mass is 407 g/mol. The molecule has 1 saturated heterocycles. The molecule has 0 aliphatic carbocycles. The van der Waals surface area contributed by atoms with E-state index < -0.39 is 21.8 Å². The maximum absolute atomic E-state index is 12.8. The van der Waals surface area contributed by atoms with Gasteiger partial charge in [0.2, 0.25) is 15.9 Å². The van der Waals surface area contributed by atoms with Gasteiger partial charge in [0, 0.05) is 19.0 Å². The van der Waals surface area contributed by atoms with Gasteiger partial charge in [-0.25, -0.2) is 8.42 Å². The molecule has 0 saturated carbocycles. The highest BCUT2D eigenvalue weighted by atomic mass is 35.5. The van der Waals surface area contributed by atoms with Crippen molar-refractivity contribution < 1.29 is 26.3 Å². The highest BCUT2D eigenvalue weighted by Crippen LogP contribution is 2.32. The average Bonchev–Trinajstić information content (AvgIpc) is 2.52. The van der Waals surface area contributed by atoms with E-state index in [-0.39, 0.29) is 41.5 Å². The molecule has 1 fully saturated rings. The molecule has 11 heteroatoms. The third kappa shape index (κ3) is 4.08. The van der Waals surface area contributed by atoms with Gasteiger partial charge in [-0.05, 0) is 18.2 Å². The number of nitrogens with zero attached hydrogens (tertiary/aromatic N) is 3. The van der Waals surface area contributed by atoms with Gasteiger partial charge in [0.05, 0.1) is 29.5 Å². The number of benzene rings is 1. The Kier molecular flexibility index (Phi) is 5.09. The van der Waals surface area contributed by atoms with Crippen molar-refractivity contribution in [3.05, 3.63) is 47.4 Å². The van der Waals surface area contributed by atoms with Gasteiger partial charge in [-0.3, -0.25) is 4.98 Å². The lowest BCUT2D eigenvalue weighted by Crippen LogP contribution is -2.51. The molecule has 1 aliphatic rings. The molecule has 1 aromatic heterocycles. The van der Waals surface area contributed by atoms with Gasteiger partial charge >= 0.3 is 6.18 Å². The minimum atomic E-state index is -4.60. The van der Waals surface area contributed by atoms with Crippen molar-refractivity contribution in [2.45, 2.75) is 11.1 Å². The first-order chi connectivity index (χ1) is 12.2. The van der Waals surface area contributed by atoms with Crippen LogP contribution in [0.15, 0.2) is 41.6 Å². The molecule has 0 N–H and O–H groups in total. The van der Waals surface area contributed by atoms with Crippen molar-refractivity contribution in [3.63, 3.8) is 0 Å². The van der Waals surface area contributed by atoms with Crippen molar-refractivity contribution in [2.24, 2.45) is 5.92 Å². The summed E-state index contributed by atoms with van der Waals surface area (Å²) in [6, 6.07) is 3.70. The van der Waals surface area contributed by atoms with Crippen molar-refractivity contribution in [3.8, 4) is 5.88 Å². The summed E-state index contributed by atoms with van der Waals surface area (Å²) < 4.78 is 69.7. The normalized spacial score (nSPS) is 16.3. The zero-order chi connectivity index (χ0) is 18.9. The predicted octanol–water partition coefficient (Wildman–Crippen LogP) is 2.85.